The Kier molecular flexibility index (Phi) is 9.58. The number of rotatable bonds is 8. The van der Waals surface area contributed by atoms with Crippen molar-refractivity contribution in [3.8, 4) is 33.4 Å². The fourth-order valence-corrected chi connectivity index (χ4v) is 12.5. The van der Waals surface area contributed by atoms with Gasteiger partial charge in [-0.2, -0.15) is 0 Å². The number of fused-ring (bicyclic) bond motifs is 13. The number of furan rings is 2. The lowest BCUT2D eigenvalue weighted by Crippen LogP contribution is -2.18. The van der Waals surface area contributed by atoms with Crippen LogP contribution < -0.4 is 9.80 Å². The summed E-state index contributed by atoms with van der Waals surface area (Å²) in [6, 6.07) is 92.0. The van der Waals surface area contributed by atoms with Gasteiger partial charge in [-0.15, -0.1) is 0 Å². The molecule has 0 saturated heterocycles. The van der Waals surface area contributed by atoms with E-state index in [1.807, 2.05) is 6.07 Å². The Bertz CT molecular complexity index is 4580. The number of nitrogens with zero attached hydrogens (tertiary/aromatic N) is 2. The van der Waals surface area contributed by atoms with Crippen LogP contribution in [0.25, 0.3) is 98.8 Å². The van der Waals surface area contributed by atoms with E-state index in [1.54, 1.807) is 0 Å². The van der Waals surface area contributed by atoms with Crippen molar-refractivity contribution < 1.29 is 8.83 Å². The molecule has 75 heavy (non-hydrogen) atoms. The van der Waals surface area contributed by atoms with E-state index in [0.717, 1.165) is 100 Å². The topological polar surface area (TPSA) is 32.8 Å². The third kappa shape index (κ3) is 6.56. The quantitative estimate of drug-likeness (QED) is 0.152. The van der Waals surface area contributed by atoms with Gasteiger partial charge in [0.05, 0.1) is 28.4 Å². The van der Waals surface area contributed by atoms with Crippen molar-refractivity contribution in [2.24, 2.45) is 0 Å². The molecule has 0 saturated carbocycles. The molecule has 0 fully saturated rings. The fourth-order valence-electron chi connectivity index (χ4n) is 12.5. The molecular weight excluding hydrogens is 913 g/mol. The molecule has 14 aromatic rings. The predicted molar refractivity (Wildman–Crippen MR) is 314 cm³/mol. The van der Waals surface area contributed by atoms with E-state index >= 15 is 0 Å². The Hall–Kier alpha value is -9.64. The molecule has 0 amide bonds. The van der Waals surface area contributed by atoms with Gasteiger partial charge >= 0.3 is 0 Å². The predicted octanol–water partition coefficient (Wildman–Crippen LogP) is 20.4. The van der Waals surface area contributed by atoms with Crippen molar-refractivity contribution in [2.75, 3.05) is 9.80 Å². The van der Waals surface area contributed by atoms with Gasteiger partial charge in [-0.1, -0.05) is 214 Å². The van der Waals surface area contributed by atoms with Crippen LogP contribution >= 0.6 is 0 Å². The average Bonchev–Trinajstić information content (AvgIpc) is 4.13. The molecule has 1 aliphatic rings. The summed E-state index contributed by atoms with van der Waals surface area (Å²) in [4.78, 5) is 4.85. The van der Waals surface area contributed by atoms with Crippen LogP contribution in [0.1, 0.15) is 25.0 Å². The van der Waals surface area contributed by atoms with Gasteiger partial charge in [0.25, 0.3) is 0 Å². The van der Waals surface area contributed by atoms with Crippen molar-refractivity contribution in [2.45, 2.75) is 19.3 Å². The molecule has 2 aromatic heterocycles. The molecule has 4 heteroatoms. The molecule has 0 unspecified atom stereocenters. The van der Waals surface area contributed by atoms with Crippen LogP contribution in [0.3, 0.4) is 0 Å². The first-order valence-electron chi connectivity index (χ1n) is 25.8. The highest BCUT2D eigenvalue weighted by Gasteiger charge is 2.40. The maximum Gasteiger partial charge on any atom is 0.159 e. The molecule has 354 valence electrons. The first-order chi connectivity index (χ1) is 37.0. The molecule has 0 aliphatic heterocycles. The molecule has 2 heterocycles. The Balaban J connectivity index is 0.945. The Labute approximate surface area is 434 Å². The summed E-state index contributed by atoms with van der Waals surface area (Å²) >= 11 is 0. The maximum absolute atomic E-state index is 6.89. The number of benzene rings is 12. The first kappa shape index (κ1) is 43.0. The van der Waals surface area contributed by atoms with Gasteiger partial charge in [0.2, 0.25) is 0 Å². The standard InChI is InChI=1S/C71H48N2O2/c1-71(2)59-44-64(73(61-34-16-12-26-50(61)46-23-7-4-8-24-46)63-36-20-32-57-54-29-14-18-38-66(54)75-70(57)63)52-27-9-10-30-55(52)67(59)58-41-39-47-43-48(40-42-51(47)68(58)71)72(60-33-15-11-25-49(60)45-21-5-3-6-22-45)62-35-19-31-56-53-28-13-17-37-65(53)74-69(56)62/h3-44H,1-2H3. The van der Waals surface area contributed by atoms with Crippen molar-refractivity contribution in [3.63, 3.8) is 0 Å². The van der Waals surface area contributed by atoms with E-state index in [1.165, 1.54) is 43.8 Å². The molecule has 12 aromatic carbocycles. The van der Waals surface area contributed by atoms with E-state index in [2.05, 4.69) is 272 Å². The molecule has 1 aliphatic carbocycles. The van der Waals surface area contributed by atoms with Crippen LogP contribution in [-0.4, -0.2) is 0 Å². The Morgan fingerprint density at radius 3 is 1.41 bits per heavy atom. The first-order valence-corrected chi connectivity index (χ1v) is 25.8. The monoisotopic (exact) mass is 960 g/mol. The van der Waals surface area contributed by atoms with E-state index < -0.39 is 0 Å². The van der Waals surface area contributed by atoms with Gasteiger partial charge in [0.15, 0.2) is 11.2 Å². The van der Waals surface area contributed by atoms with E-state index in [9.17, 15) is 0 Å². The summed E-state index contributed by atoms with van der Waals surface area (Å²) in [5, 5.41) is 9.18. The summed E-state index contributed by atoms with van der Waals surface area (Å²) in [6.45, 7) is 4.83. The molecule has 0 bridgehead atoms. The van der Waals surface area contributed by atoms with Gasteiger partial charge < -0.3 is 18.6 Å². The van der Waals surface area contributed by atoms with Gasteiger partial charge in [-0.05, 0) is 104 Å². The largest absolute Gasteiger partial charge is 0.454 e. The summed E-state index contributed by atoms with van der Waals surface area (Å²) in [6.07, 6.45) is 0. The highest BCUT2D eigenvalue weighted by atomic mass is 16.3. The van der Waals surface area contributed by atoms with E-state index in [-0.39, 0.29) is 5.41 Å². The van der Waals surface area contributed by atoms with Gasteiger partial charge in [-0.3, -0.25) is 0 Å². The minimum absolute atomic E-state index is 0.389. The zero-order chi connectivity index (χ0) is 49.8. The third-order valence-electron chi connectivity index (χ3n) is 15.8. The van der Waals surface area contributed by atoms with Crippen LogP contribution in [0.5, 0.6) is 0 Å². The van der Waals surface area contributed by atoms with Crippen molar-refractivity contribution >= 4 is 99.5 Å². The zero-order valence-electron chi connectivity index (χ0n) is 41.5. The summed E-state index contributed by atoms with van der Waals surface area (Å²) < 4.78 is 13.7. The molecular formula is C71H48N2O2. The lowest BCUT2D eigenvalue weighted by atomic mass is 9.79. The number of anilines is 6. The molecule has 0 spiro atoms. The summed E-state index contributed by atoms with van der Waals surface area (Å²) in [7, 11) is 0. The van der Waals surface area contributed by atoms with Gasteiger partial charge in [-0.25, -0.2) is 0 Å². The second-order valence-electron chi connectivity index (χ2n) is 20.3. The van der Waals surface area contributed by atoms with Crippen LogP contribution in [0.4, 0.5) is 34.1 Å². The van der Waals surface area contributed by atoms with Crippen molar-refractivity contribution in [3.05, 3.63) is 266 Å². The summed E-state index contributed by atoms with van der Waals surface area (Å²) in [5.41, 5.74) is 19.1. The number of hydrogen-bond donors (Lipinski definition) is 0. The fraction of sp³-hybridized carbons (Fsp3) is 0.0423. The summed E-state index contributed by atoms with van der Waals surface area (Å²) in [5.74, 6) is 0. The van der Waals surface area contributed by atoms with Crippen molar-refractivity contribution in [1.82, 2.24) is 0 Å². The van der Waals surface area contributed by atoms with E-state index in [4.69, 9.17) is 8.83 Å². The maximum atomic E-state index is 6.89. The van der Waals surface area contributed by atoms with Crippen LogP contribution in [-0.2, 0) is 5.41 Å². The van der Waals surface area contributed by atoms with Crippen LogP contribution in [0, 0.1) is 0 Å². The molecule has 0 atom stereocenters. The van der Waals surface area contributed by atoms with Crippen LogP contribution in [0.15, 0.2) is 264 Å². The lowest BCUT2D eigenvalue weighted by Gasteiger charge is -2.31. The minimum Gasteiger partial charge on any atom is -0.454 e. The minimum atomic E-state index is -0.389. The Morgan fingerprint density at radius 1 is 0.320 bits per heavy atom. The zero-order valence-corrected chi connectivity index (χ0v) is 41.5. The molecule has 4 nitrogen and oxygen atoms in total. The second kappa shape index (κ2) is 16.7. The third-order valence-corrected chi connectivity index (χ3v) is 15.8. The van der Waals surface area contributed by atoms with E-state index in [0.29, 0.717) is 0 Å². The highest BCUT2D eigenvalue weighted by Crippen LogP contribution is 2.58. The Morgan fingerprint density at radius 2 is 0.800 bits per heavy atom. The number of hydrogen-bond acceptors (Lipinski definition) is 4. The SMILES string of the molecule is CC1(C)c2cc(N(c3ccccc3-c3ccccc3)c3cccc4c3oc3ccccc34)c3ccccc3c2-c2ccc3cc(N(c4ccccc4-c4ccccc4)c4cccc5c4oc4ccccc45)ccc3c21. The average molecular weight is 961 g/mol. The normalized spacial score (nSPS) is 12.8. The number of para-hydroxylation sites is 6. The molecule has 15 rings (SSSR count). The molecule has 0 N–H and O–H groups in total. The smallest absolute Gasteiger partial charge is 0.159 e. The van der Waals surface area contributed by atoms with Crippen LogP contribution in [0.2, 0.25) is 0 Å². The molecule has 0 radical (unpaired) electrons. The van der Waals surface area contributed by atoms with Crippen molar-refractivity contribution in [1.29, 1.82) is 0 Å². The van der Waals surface area contributed by atoms with Gasteiger partial charge in [0.1, 0.15) is 11.2 Å². The van der Waals surface area contributed by atoms with Gasteiger partial charge in [0, 0.05) is 49.2 Å². The lowest BCUT2D eigenvalue weighted by molar-refractivity contribution is 0.666. The second-order valence-corrected chi connectivity index (χ2v) is 20.3. The highest BCUT2D eigenvalue weighted by molar-refractivity contribution is 6.16.